The fraction of sp³-hybridized carbons (Fsp3) is 0.536. The monoisotopic (exact) mass is 497 g/mol. The van der Waals surface area contributed by atoms with Crippen LogP contribution in [0.1, 0.15) is 83.1 Å². The normalized spacial score (nSPS) is 14.9. The summed E-state index contributed by atoms with van der Waals surface area (Å²) in [5, 5.41) is 3.75. The van der Waals surface area contributed by atoms with E-state index in [9.17, 15) is 8.42 Å². The number of imidazole rings is 1. The molecular formula is C28H39N3O3S. The van der Waals surface area contributed by atoms with Gasteiger partial charge in [-0.15, -0.1) is 0 Å². The average Bonchev–Trinajstić information content (AvgIpc) is 3.19. The minimum Gasteiger partial charge on any atom is -0.382 e. The largest absolute Gasteiger partial charge is 0.382 e. The Balaban J connectivity index is 1.53. The number of nitrogens with zero attached hydrogens (tertiary/aromatic N) is 2. The summed E-state index contributed by atoms with van der Waals surface area (Å²) in [5.74, 6) is 1.34. The third-order valence-corrected chi connectivity index (χ3v) is 8.04. The molecule has 0 saturated heterocycles. The molecule has 1 aliphatic carbocycles. The summed E-state index contributed by atoms with van der Waals surface area (Å²) in [4.78, 5) is 4.93. The van der Waals surface area contributed by atoms with Crippen LogP contribution in [0.15, 0.2) is 42.6 Å². The number of rotatable bonds is 12. The maximum absolute atomic E-state index is 12.6. The van der Waals surface area contributed by atoms with Gasteiger partial charge in [0.15, 0.2) is 0 Å². The van der Waals surface area contributed by atoms with Crippen molar-refractivity contribution in [1.29, 1.82) is 0 Å². The lowest BCUT2D eigenvalue weighted by Crippen LogP contribution is -2.23. The van der Waals surface area contributed by atoms with Crippen molar-refractivity contribution >= 4 is 21.6 Å². The Morgan fingerprint density at radius 1 is 1.03 bits per heavy atom. The van der Waals surface area contributed by atoms with Gasteiger partial charge in [0.05, 0.1) is 5.75 Å². The van der Waals surface area contributed by atoms with Crippen LogP contribution in [0.2, 0.25) is 0 Å². The van der Waals surface area contributed by atoms with E-state index in [1.165, 1.54) is 32.1 Å². The van der Waals surface area contributed by atoms with E-state index < -0.39 is 10.1 Å². The topological polar surface area (TPSA) is 72.7 Å². The molecule has 0 aliphatic heterocycles. The van der Waals surface area contributed by atoms with E-state index in [4.69, 9.17) is 9.17 Å². The molecule has 0 unspecified atom stereocenters. The van der Waals surface area contributed by atoms with Crippen LogP contribution in [0, 0.1) is 6.92 Å². The van der Waals surface area contributed by atoms with E-state index in [2.05, 4.69) is 41.9 Å². The number of unbranched alkanes of at least 4 members (excludes halogenated alkanes) is 5. The van der Waals surface area contributed by atoms with Crippen LogP contribution in [0.4, 0.5) is 5.82 Å². The molecule has 6 nitrogen and oxygen atoms in total. The molecule has 1 N–H and O–H groups in total. The van der Waals surface area contributed by atoms with E-state index in [1.54, 1.807) is 12.1 Å². The summed E-state index contributed by atoms with van der Waals surface area (Å²) in [6.07, 6.45) is 14.3. The first kappa shape index (κ1) is 25.5. The minimum atomic E-state index is -3.63. The van der Waals surface area contributed by atoms with Crippen LogP contribution in [0.5, 0.6) is 5.75 Å². The Hall–Kier alpha value is -2.54. The Morgan fingerprint density at radius 3 is 2.60 bits per heavy atom. The first-order chi connectivity index (χ1) is 16.9. The van der Waals surface area contributed by atoms with Gasteiger partial charge in [-0.05, 0) is 56.0 Å². The molecule has 7 heteroatoms. The van der Waals surface area contributed by atoms with Crippen LogP contribution in [0.25, 0.3) is 16.9 Å². The predicted molar refractivity (Wildman–Crippen MR) is 144 cm³/mol. The summed E-state index contributed by atoms with van der Waals surface area (Å²) < 4.78 is 32.8. The lowest BCUT2D eigenvalue weighted by atomic mass is 9.95. The Kier molecular flexibility index (Phi) is 8.71. The van der Waals surface area contributed by atoms with Gasteiger partial charge >= 0.3 is 10.1 Å². The maximum Gasteiger partial charge on any atom is 0.309 e. The van der Waals surface area contributed by atoms with Gasteiger partial charge in [-0.1, -0.05) is 70.4 Å². The third kappa shape index (κ3) is 7.00. The van der Waals surface area contributed by atoms with Crippen LogP contribution in [0.3, 0.4) is 0 Å². The molecule has 4 rings (SSSR count). The van der Waals surface area contributed by atoms with Gasteiger partial charge in [-0.25, -0.2) is 4.98 Å². The summed E-state index contributed by atoms with van der Waals surface area (Å²) >= 11 is 0. The molecule has 1 fully saturated rings. The number of anilines is 1. The van der Waals surface area contributed by atoms with Crippen molar-refractivity contribution in [3.8, 4) is 17.0 Å². The van der Waals surface area contributed by atoms with Crippen molar-refractivity contribution in [3.05, 3.63) is 48.2 Å². The van der Waals surface area contributed by atoms with Gasteiger partial charge in [-0.3, -0.25) is 4.40 Å². The molecule has 1 saturated carbocycles. The fourth-order valence-corrected chi connectivity index (χ4v) is 5.91. The van der Waals surface area contributed by atoms with Gasteiger partial charge < -0.3 is 9.50 Å². The second kappa shape index (κ2) is 11.9. The zero-order chi connectivity index (χ0) is 24.7. The highest BCUT2D eigenvalue weighted by atomic mass is 32.2. The van der Waals surface area contributed by atoms with Crippen LogP contribution >= 0.6 is 0 Å². The molecule has 2 aromatic heterocycles. The van der Waals surface area contributed by atoms with Gasteiger partial charge in [-0.2, -0.15) is 8.42 Å². The van der Waals surface area contributed by atoms with E-state index in [0.29, 0.717) is 18.2 Å². The number of aryl methyl sites for hydroxylation is 1. The van der Waals surface area contributed by atoms with Crippen molar-refractivity contribution in [3.63, 3.8) is 0 Å². The lowest BCUT2D eigenvalue weighted by molar-refractivity contribution is 0.462. The quantitative estimate of drug-likeness (QED) is 0.213. The molecule has 0 spiro atoms. The number of hydrogen-bond donors (Lipinski definition) is 1. The van der Waals surface area contributed by atoms with E-state index >= 15 is 0 Å². The highest BCUT2D eigenvalue weighted by molar-refractivity contribution is 7.87. The first-order valence-corrected chi connectivity index (χ1v) is 14.8. The molecule has 0 bridgehead atoms. The molecule has 1 aromatic carbocycles. The molecule has 0 atom stereocenters. The van der Waals surface area contributed by atoms with E-state index in [-0.39, 0.29) is 5.75 Å². The third-order valence-electron chi connectivity index (χ3n) is 6.81. The molecule has 3 aromatic rings. The fourth-order valence-electron chi connectivity index (χ4n) is 4.87. The molecule has 35 heavy (non-hydrogen) atoms. The number of nitrogens with one attached hydrogen (secondary N) is 1. The van der Waals surface area contributed by atoms with Crippen molar-refractivity contribution in [2.45, 2.75) is 90.5 Å². The van der Waals surface area contributed by atoms with Gasteiger partial charge in [0.25, 0.3) is 0 Å². The number of aromatic nitrogens is 2. The average molecular weight is 498 g/mol. The molecular weight excluding hydrogens is 458 g/mol. The first-order valence-electron chi connectivity index (χ1n) is 13.2. The number of fused-ring (bicyclic) bond motifs is 1. The van der Waals surface area contributed by atoms with Crippen molar-refractivity contribution in [2.75, 3.05) is 11.1 Å². The van der Waals surface area contributed by atoms with Gasteiger partial charge in [0, 0.05) is 17.8 Å². The van der Waals surface area contributed by atoms with Crippen LogP contribution < -0.4 is 9.50 Å². The predicted octanol–water partition coefficient (Wildman–Crippen LogP) is 7.12. The highest BCUT2D eigenvalue weighted by Gasteiger charge is 2.21. The molecule has 190 valence electrons. The van der Waals surface area contributed by atoms with Crippen LogP contribution in [-0.4, -0.2) is 29.6 Å². The molecule has 1 aliphatic rings. The minimum absolute atomic E-state index is 0.0471. The van der Waals surface area contributed by atoms with Gasteiger partial charge in [0.2, 0.25) is 0 Å². The number of hydrogen-bond acceptors (Lipinski definition) is 5. The number of pyridine rings is 1. The maximum atomic E-state index is 12.6. The summed E-state index contributed by atoms with van der Waals surface area (Å²) in [6.45, 7) is 4.24. The summed E-state index contributed by atoms with van der Waals surface area (Å²) in [5.41, 5.74) is 3.69. The molecule has 0 radical (unpaired) electrons. The zero-order valence-electron chi connectivity index (χ0n) is 21.1. The smallest absolute Gasteiger partial charge is 0.309 e. The second-order valence-corrected chi connectivity index (χ2v) is 11.6. The second-order valence-electron chi connectivity index (χ2n) is 9.86. The van der Waals surface area contributed by atoms with Crippen LogP contribution in [-0.2, 0) is 10.1 Å². The van der Waals surface area contributed by atoms with Crippen molar-refractivity contribution in [2.24, 2.45) is 0 Å². The lowest BCUT2D eigenvalue weighted by Gasteiger charge is -2.24. The zero-order valence-corrected chi connectivity index (χ0v) is 21.9. The standard InChI is InChI=1S/C28H39N3O3S/c1-3-4-5-6-7-11-19-35(32,33)34-25-16-12-13-23(21-25)27-28(29-24-14-9-8-10-15-24)31-18-17-22(2)20-26(31)30-27/h12-13,16-18,20-21,24,29H,3-11,14-15,19H2,1-2H3. The SMILES string of the molecule is CCCCCCCCS(=O)(=O)Oc1cccc(-c2nc3cc(C)ccn3c2NC2CCCCC2)c1. The van der Waals surface area contributed by atoms with E-state index in [0.717, 1.165) is 60.4 Å². The highest BCUT2D eigenvalue weighted by Crippen LogP contribution is 2.33. The van der Waals surface area contributed by atoms with Gasteiger partial charge in [0.1, 0.15) is 22.9 Å². The number of benzene rings is 1. The molecule has 0 amide bonds. The van der Waals surface area contributed by atoms with Crippen molar-refractivity contribution in [1.82, 2.24) is 9.38 Å². The van der Waals surface area contributed by atoms with Crippen molar-refractivity contribution < 1.29 is 12.6 Å². The van der Waals surface area contributed by atoms with E-state index in [1.807, 2.05) is 12.1 Å². The Morgan fingerprint density at radius 2 is 1.80 bits per heavy atom. The summed E-state index contributed by atoms with van der Waals surface area (Å²) in [7, 11) is -3.63. The summed E-state index contributed by atoms with van der Waals surface area (Å²) in [6, 6.07) is 11.9. The molecule has 2 heterocycles. The Labute approximate surface area is 210 Å². The Bertz CT molecular complexity index is 1210.